The third kappa shape index (κ3) is 5.11. The van der Waals surface area contributed by atoms with Crippen LogP contribution in [0.5, 0.6) is 0 Å². The van der Waals surface area contributed by atoms with Crippen LogP contribution in [-0.4, -0.2) is 21.4 Å². The molecule has 2 N–H and O–H groups in total. The zero-order valence-corrected chi connectivity index (χ0v) is 20.4. The topological polar surface area (TPSA) is 76.0 Å². The molecule has 1 aromatic heterocycles. The Kier molecular flexibility index (Phi) is 6.51. The van der Waals surface area contributed by atoms with Crippen molar-refractivity contribution in [1.29, 1.82) is 0 Å². The van der Waals surface area contributed by atoms with Gasteiger partial charge in [0.25, 0.3) is 11.8 Å². The molecular formula is C30H25FN4O2. The fourth-order valence-corrected chi connectivity index (χ4v) is 4.27. The zero-order chi connectivity index (χ0) is 25.9. The Morgan fingerprint density at radius 2 is 1.51 bits per heavy atom. The minimum atomic E-state index is -0.319. The van der Waals surface area contributed by atoms with Gasteiger partial charge in [-0.2, -0.15) is 0 Å². The van der Waals surface area contributed by atoms with Crippen molar-refractivity contribution in [3.05, 3.63) is 125 Å². The van der Waals surface area contributed by atoms with Gasteiger partial charge in [-0.05, 0) is 86.1 Å². The number of anilines is 1. The first-order valence-corrected chi connectivity index (χ1v) is 11.9. The molecule has 184 valence electrons. The molecule has 0 spiro atoms. The van der Waals surface area contributed by atoms with E-state index in [0.29, 0.717) is 16.8 Å². The van der Waals surface area contributed by atoms with Gasteiger partial charge < -0.3 is 10.6 Å². The number of aryl methyl sites for hydroxylation is 1. The van der Waals surface area contributed by atoms with E-state index in [1.165, 1.54) is 12.1 Å². The number of carbonyl (C=O) groups excluding carboxylic acids is 2. The summed E-state index contributed by atoms with van der Waals surface area (Å²) in [7, 11) is 0. The molecule has 5 rings (SSSR count). The summed E-state index contributed by atoms with van der Waals surface area (Å²) in [5.74, 6) is -0.0693. The highest BCUT2D eigenvalue weighted by atomic mass is 19.1. The molecule has 0 aliphatic carbocycles. The quantitative estimate of drug-likeness (QED) is 0.296. The molecule has 0 bridgehead atoms. The van der Waals surface area contributed by atoms with Crippen molar-refractivity contribution in [1.82, 2.24) is 14.9 Å². The van der Waals surface area contributed by atoms with Gasteiger partial charge in [-0.3, -0.25) is 14.2 Å². The summed E-state index contributed by atoms with van der Waals surface area (Å²) in [5.41, 5.74) is 4.79. The molecular weight excluding hydrogens is 467 g/mol. The molecule has 0 saturated carbocycles. The van der Waals surface area contributed by atoms with Gasteiger partial charge in [0.1, 0.15) is 11.6 Å². The zero-order valence-electron chi connectivity index (χ0n) is 20.4. The minimum absolute atomic E-state index is 0.130. The Bertz CT molecular complexity index is 1580. The molecule has 6 nitrogen and oxygen atoms in total. The highest BCUT2D eigenvalue weighted by Gasteiger charge is 2.15. The molecule has 0 radical (unpaired) electrons. The lowest BCUT2D eigenvalue weighted by molar-refractivity contribution is 0.0939. The number of amides is 2. The summed E-state index contributed by atoms with van der Waals surface area (Å²) in [6, 6.07) is 27.8. The van der Waals surface area contributed by atoms with Crippen LogP contribution in [0, 0.1) is 12.7 Å². The number of aromatic nitrogens is 2. The minimum Gasteiger partial charge on any atom is -0.346 e. The normalized spacial score (nSPS) is 11.8. The summed E-state index contributed by atoms with van der Waals surface area (Å²) >= 11 is 0. The van der Waals surface area contributed by atoms with E-state index in [4.69, 9.17) is 0 Å². The fraction of sp³-hybridized carbons (Fsp3) is 0.100. The van der Waals surface area contributed by atoms with Gasteiger partial charge in [0, 0.05) is 22.5 Å². The molecule has 0 fully saturated rings. The number of fused-ring (bicyclic) bond motifs is 1. The van der Waals surface area contributed by atoms with E-state index in [2.05, 4.69) is 15.6 Å². The number of hydrogen-bond acceptors (Lipinski definition) is 3. The van der Waals surface area contributed by atoms with Crippen LogP contribution in [0.3, 0.4) is 0 Å². The van der Waals surface area contributed by atoms with Gasteiger partial charge in [0.15, 0.2) is 0 Å². The van der Waals surface area contributed by atoms with Crippen molar-refractivity contribution in [2.24, 2.45) is 0 Å². The first-order chi connectivity index (χ1) is 17.9. The van der Waals surface area contributed by atoms with E-state index >= 15 is 0 Å². The molecule has 1 heterocycles. The van der Waals surface area contributed by atoms with Crippen molar-refractivity contribution < 1.29 is 14.0 Å². The van der Waals surface area contributed by atoms with Crippen LogP contribution in [0.15, 0.2) is 97.1 Å². The number of imidazole rings is 1. The van der Waals surface area contributed by atoms with Gasteiger partial charge in [0.2, 0.25) is 0 Å². The van der Waals surface area contributed by atoms with E-state index in [1.54, 1.807) is 54.6 Å². The molecule has 0 aliphatic rings. The second kappa shape index (κ2) is 10.1. The molecule has 1 unspecified atom stereocenters. The van der Waals surface area contributed by atoms with Crippen LogP contribution >= 0.6 is 0 Å². The first-order valence-electron chi connectivity index (χ1n) is 11.9. The molecule has 4 aromatic carbocycles. The Morgan fingerprint density at radius 3 is 2.22 bits per heavy atom. The molecule has 5 aromatic rings. The Labute approximate surface area is 213 Å². The number of hydrogen-bond donors (Lipinski definition) is 2. The molecule has 7 heteroatoms. The smallest absolute Gasteiger partial charge is 0.255 e. The summed E-state index contributed by atoms with van der Waals surface area (Å²) in [6.45, 7) is 3.80. The third-order valence-electron chi connectivity index (χ3n) is 6.22. The van der Waals surface area contributed by atoms with Crippen molar-refractivity contribution in [2.75, 3.05) is 5.32 Å². The van der Waals surface area contributed by atoms with E-state index in [1.807, 2.05) is 48.7 Å². The number of carbonyl (C=O) groups is 2. The van der Waals surface area contributed by atoms with Gasteiger partial charge in [-0.25, -0.2) is 9.37 Å². The Hall–Kier alpha value is -4.78. The highest BCUT2D eigenvalue weighted by molar-refractivity contribution is 6.06. The summed E-state index contributed by atoms with van der Waals surface area (Å²) in [5, 5.41) is 5.86. The highest BCUT2D eigenvalue weighted by Crippen LogP contribution is 2.23. The largest absolute Gasteiger partial charge is 0.346 e. The number of benzene rings is 4. The van der Waals surface area contributed by atoms with E-state index in [-0.39, 0.29) is 23.7 Å². The lowest BCUT2D eigenvalue weighted by atomic mass is 10.1. The second-order valence-electron chi connectivity index (χ2n) is 8.81. The number of halogens is 1. The third-order valence-corrected chi connectivity index (χ3v) is 6.22. The van der Waals surface area contributed by atoms with Gasteiger partial charge >= 0.3 is 0 Å². The fourth-order valence-electron chi connectivity index (χ4n) is 4.27. The number of rotatable bonds is 6. The first kappa shape index (κ1) is 23.9. The van der Waals surface area contributed by atoms with Gasteiger partial charge in [-0.15, -0.1) is 0 Å². The second-order valence-corrected chi connectivity index (χ2v) is 8.81. The molecule has 1 atom stereocenters. The van der Waals surface area contributed by atoms with Crippen molar-refractivity contribution >= 4 is 28.5 Å². The average molecular weight is 493 g/mol. The monoisotopic (exact) mass is 492 g/mol. The number of nitrogens with one attached hydrogen (secondary N) is 2. The van der Waals surface area contributed by atoms with Crippen molar-refractivity contribution in [3.8, 4) is 5.69 Å². The maximum atomic E-state index is 13.4. The Morgan fingerprint density at radius 1 is 0.838 bits per heavy atom. The maximum Gasteiger partial charge on any atom is 0.255 e. The molecule has 37 heavy (non-hydrogen) atoms. The van der Waals surface area contributed by atoms with Crippen LogP contribution in [0.2, 0.25) is 0 Å². The van der Waals surface area contributed by atoms with Crippen LogP contribution < -0.4 is 10.6 Å². The lowest BCUT2D eigenvalue weighted by Crippen LogP contribution is -2.26. The van der Waals surface area contributed by atoms with Crippen LogP contribution in [0.25, 0.3) is 16.7 Å². The molecule has 2 amide bonds. The van der Waals surface area contributed by atoms with Crippen molar-refractivity contribution in [3.63, 3.8) is 0 Å². The average Bonchev–Trinajstić information content (AvgIpc) is 3.25. The van der Waals surface area contributed by atoms with E-state index in [0.717, 1.165) is 28.1 Å². The van der Waals surface area contributed by atoms with E-state index in [9.17, 15) is 14.0 Å². The van der Waals surface area contributed by atoms with Crippen molar-refractivity contribution in [2.45, 2.75) is 19.9 Å². The van der Waals surface area contributed by atoms with Crippen LogP contribution in [-0.2, 0) is 0 Å². The van der Waals surface area contributed by atoms with Crippen LogP contribution in [0.4, 0.5) is 10.1 Å². The molecule has 0 aliphatic heterocycles. The predicted molar refractivity (Wildman–Crippen MR) is 142 cm³/mol. The van der Waals surface area contributed by atoms with Gasteiger partial charge in [0.05, 0.1) is 17.1 Å². The maximum absolute atomic E-state index is 13.4. The summed E-state index contributed by atoms with van der Waals surface area (Å²) in [6.07, 6.45) is 0. The predicted octanol–water partition coefficient (Wildman–Crippen LogP) is 6.22. The lowest BCUT2D eigenvalue weighted by Gasteiger charge is -2.14. The van der Waals surface area contributed by atoms with E-state index < -0.39 is 0 Å². The SMILES string of the molecule is Cc1nc2ccc(C(=O)Nc3ccc(C(=O)NC(C)c4ccccc4)cc3)cc2n1-c1ccc(F)cc1. The molecule has 0 saturated heterocycles. The van der Waals surface area contributed by atoms with Gasteiger partial charge in [-0.1, -0.05) is 30.3 Å². The standard InChI is InChI=1S/C30H25FN4O2/c1-19(21-6-4-3-5-7-21)32-29(36)22-8-13-25(14-9-22)34-30(37)23-10-17-27-28(18-23)35(20(2)33-27)26-15-11-24(31)12-16-26/h3-19H,1-2H3,(H,32,36)(H,34,37). The number of nitrogens with zero attached hydrogens (tertiary/aromatic N) is 2. The Balaban J connectivity index is 1.31. The summed E-state index contributed by atoms with van der Waals surface area (Å²) in [4.78, 5) is 30.2. The summed E-state index contributed by atoms with van der Waals surface area (Å²) < 4.78 is 15.3. The van der Waals surface area contributed by atoms with Crippen LogP contribution in [0.1, 0.15) is 45.1 Å².